The molecule has 0 N–H and O–H groups in total. The minimum atomic E-state index is -0.119. The van der Waals surface area contributed by atoms with Crippen molar-refractivity contribution in [2.24, 2.45) is 0 Å². The van der Waals surface area contributed by atoms with Crippen LogP contribution in [0, 0.1) is 0 Å². The quantitative estimate of drug-likeness (QED) is 0.217. The molecular formula is C39H31N3O. The number of fused-ring (bicyclic) bond motifs is 6. The van der Waals surface area contributed by atoms with Gasteiger partial charge < -0.3 is 4.42 Å². The summed E-state index contributed by atoms with van der Waals surface area (Å²) in [5.41, 5.74) is 9.45. The Morgan fingerprint density at radius 2 is 1.02 bits per heavy atom. The molecule has 0 spiro atoms. The maximum atomic E-state index is 6.23. The van der Waals surface area contributed by atoms with Crippen LogP contribution < -0.4 is 0 Å². The maximum absolute atomic E-state index is 6.23. The molecule has 0 bridgehead atoms. The summed E-state index contributed by atoms with van der Waals surface area (Å²) < 4.78 is 6.23. The average Bonchev–Trinajstić information content (AvgIpc) is 3.43. The van der Waals surface area contributed by atoms with Crippen molar-refractivity contribution < 1.29 is 4.42 Å². The second-order valence-corrected chi connectivity index (χ2v) is 12.5. The van der Waals surface area contributed by atoms with E-state index >= 15 is 0 Å². The number of hydrogen-bond donors (Lipinski definition) is 0. The predicted octanol–water partition coefficient (Wildman–Crippen LogP) is 10.0. The molecule has 8 rings (SSSR count). The molecule has 1 aliphatic carbocycles. The molecule has 4 nitrogen and oxygen atoms in total. The first-order chi connectivity index (χ1) is 20.8. The molecule has 4 heteroatoms. The first-order valence-corrected chi connectivity index (χ1v) is 14.8. The summed E-state index contributed by atoms with van der Waals surface area (Å²) in [6.07, 6.45) is 0. The van der Waals surface area contributed by atoms with E-state index < -0.39 is 0 Å². The van der Waals surface area contributed by atoms with Crippen LogP contribution in [0.2, 0.25) is 0 Å². The van der Waals surface area contributed by atoms with Gasteiger partial charge in [-0.2, -0.15) is 0 Å². The normalized spacial score (nSPS) is 14.9. The van der Waals surface area contributed by atoms with E-state index in [1.807, 2.05) is 48.5 Å². The van der Waals surface area contributed by atoms with Crippen molar-refractivity contribution in [2.75, 3.05) is 0 Å². The standard InChI is InChI=1S/C39H31N3O/c1-38(2)29-20-10-8-16-25(29)33-27(18-12-21-30(33)39(38,3)4)36-40-35(24-14-6-5-7-15-24)41-37(42-36)28-19-13-23-32-34(28)26-17-9-11-22-31(26)43-32/h5-23H,1-4H3. The van der Waals surface area contributed by atoms with Crippen molar-refractivity contribution >= 4 is 21.9 Å². The third kappa shape index (κ3) is 3.72. The second-order valence-electron chi connectivity index (χ2n) is 12.5. The first kappa shape index (κ1) is 25.6. The SMILES string of the molecule is CC1(C)c2ccccc2-c2c(-c3nc(-c4ccccc4)nc(-c4cccc5oc6ccccc6c45)n3)cccc2C1(C)C. The van der Waals surface area contributed by atoms with Gasteiger partial charge in [0.15, 0.2) is 17.5 Å². The molecule has 5 aromatic carbocycles. The van der Waals surface area contributed by atoms with Crippen LogP contribution in [0.5, 0.6) is 0 Å². The number of hydrogen-bond acceptors (Lipinski definition) is 4. The lowest BCUT2D eigenvalue weighted by Crippen LogP contribution is -2.43. The van der Waals surface area contributed by atoms with Gasteiger partial charge in [-0.1, -0.05) is 131 Å². The van der Waals surface area contributed by atoms with Crippen LogP contribution in [-0.2, 0) is 10.8 Å². The molecule has 2 aromatic heterocycles. The van der Waals surface area contributed by atoms with Gasteiger partial charge in [0.1, 0.15) is 11.2 Å². The predicted molar refractivity (Wildman–Crippen MR) is 175 cm³/mol. The summed E-state index contributed by atoms with van der Waals surface area (Å²) in [7, 11) is 0. The van der Waals surface area contributed by atoms with Gasteiger partial charge in [0, 0.05) is 27.5 Å². The number of benzene rings is 5. The fraction of sp³-hybridized carbons (Fsp3) is 0.154. The van der Waals surface area contributed by atoms with Gasteiger partial charge in [-0.3, -0.25) is 0 Å². The number of aromatic nitrogens is 3. The molecule has 43 heavy (non-hydrogen) atoms. The summed E-state index contributed by atoms with van der Waals surface area (Å²) in [5.74, 6) is 1.94. The first-order valence-electron chi connectivity index (χ1n) is 14.8. The van der Waals surface area contributed by atoms with E-state index in [2.05, 4.69) is 94.4 Å². The third-order valence-electron chi connectivity index (χ3n) is 9.72. The molecule has 0 saturated heterocycles. The maximum Gasteiger partial charge on any atom is 0.164 e. The largest absolute Gasteiger partial charge is 0.456 e. The monoisotopic (exact) mass is 557 g/mol. The molecule has 0 radical (unpaired) electrons. The van der Waals surface area contributed by atoms with E-state index in [4.69, 9.17) is 19.4 Å². The van der Waals surface area contributed by atoms with Crippen molar-refractivity contribution in [3.8, 4) is 45.3 Å². The molecule has 0 aliphatic heterocycles. The van der Waals surface area contributed by atoms with Crippen molar-refractivity contribution in [3.63, 3.8) is 0 Å². The van der Waals surface area contributed by atoms with E-state index in [0.717, 1.165) is 38.6 Å². The van der Waals surface area contributed by atoms with Gasteiger partial charge in [-0.15, -0.1) is 0 Å². The van der Waals surface area contributed by atoms with Gasteiger partial charge in [0.05, 0.1) is 0 Å². The highest BCUT2D eigenvalue weighted by molar-refractivity contribution is 6.11. The molecular weight excluding hydrogens is 526 g/mol. The molecule has 0 fully saturated rings. The molecule has 208 valence electrons. The number of para-hydroxylation sites is 1. The van der Waals surface area contributed by atoms with Crippen LogP contribution in [0.1, 0.15) is 38.8 Å². The van der Waals surface area contributed by atoms with Gasteiger partial charge >= 0.3 is 0 Å². The molecule has 2 heterocycles. The summed E-state index contributed by atoms with van der Waals surface area (Å²) >= 11 is 0. The zero-order valence-electron chi connectivity index (χ0n) is 24.7. The van der Waals surface area contributed by atoms with Crippen molar-refractivity contribution in [2.45, 2.75) is 38.5 Å². The Morgan fingerprint density at radius 1 is 0.465 bits per heavy atom. The van der Waals surface area contributed by atoms with Crippen LogP contribution in [0.4, 0.5) is 0 Å². The van der Waals surface area contributed by atoms with Crippen molar-refractivity contribution in [3.05, 3.63) is 126 Å². The molecule has 7 aromatic rings. The third-order valence-corrected chi connectivity index (χ3v) is 9.72. The fourth-order valence-corrected chi connectivity index (χ4v) is 6.76. The summed E-state index contributed by atoms with van der Waals surface area (Å²) in [6, 6.07) is 39.8. The Hall–Kier alpha value is -5.09. The van der Waals surface area contributed by atoms with E-state index in [0.29, 0.717) is 17.5 Å². The summed E-state index contributed by atoms with van der Waals surface area (Å²) in [6.45, 7) is 9.41. The lowest BCUT2D eigenvalue weighted by Gasteiger charge is -2.48. The molecule has 1 aliphatic rings. The number of rotatable bonds is 3. The van der Waals surface area contributed by atoms with Crippen LogP contribution in [-0.4, -0.2) is 15.0 Å². The Balaban J connectivity index is 1.45. The highest BCUT2D eigenvalue weighted by atomic mass is 16.3. The highest BCUT2D eigenvalue weighted by Crippen LogP contribution is 2.55. The van der Waals surface area contributed by atoms with Crippen molar-refractivity contribution in [1.29, 1.82) is 0 Å². The summed E-state index contributed by atoms with van der Waals surface area (Å²) in [5, 5.41) is 2.06. The Bertz CT molecular complexity index is 2190. The topological polar surface area (TPSA) is 51.8 Å². The molecule has 0 atom stereocenters. The van der Waals surface area contributed by atoms with Gasteiger partial charge in [-0.25, -0.2) is 15.0 Å². The highest BCUT2D eigenvalue weighted by Gasteiger charge is 2.46. The molecule has 0 unspecified atom stereocenters. The van der Waals surface area contributed by atoms with Gasteiger partial charge in [0.2, 0.25) is 0 Å². The van der Waals surface area contributed by atoms with Gasteiger partial charge in [0.25, 0.3) is 0 Å². The van der Waals surface area contributed by atoms with Crippen LogP contribution in [0.15, 0.2) is 120 Å². The van der Waals surface area contributed by atoms with Crippen LogP contribution >= 0.6 is 0 Å². The average molecular weight is 558 g/mol. The van der Waals surface area contributed by atoms with Crippen molar-refractivity contribution in [1.82, 2.24) is 15.0 Å². The molecule has 0 amide bonds. The number of furan rings is 1. The molecule has 0 saturated carbocycles. The van der Waals surface area contributed by atoms with E-state index in [9.17, 15) is 0 Å². The van der Waals surface area contributed by atoms with Crippen LogP contribution in [0.3, 0.4) is 0 Å². The Morgan fingerprint density at radius 3 is 1.86 bits per heavy atom. The van der Waals surface area contributed by atoms with Crippen LogP contribution in [0.25, 0.3) is 67.2 Å². The summed E-state index contributed by atoms with van der Waals surface area (Å²) in [4.78, 5) is 15.5. The zero-order chi connectivity index (χ0) is 29.3. The van der Waals surface area contributed by atoms with E-state index in [1.54, 1.807) is 0 Å². The zero-order valence-corrected chi connectivity index (χ0v) is 24.7. The minimum Gasteiger partial charge on any atom is -0.456 e. The van der Waals surface area contributed by atoms with E-state index in [-0.39, 0.29) is 10.8 Å². The minimum absolute atomic E-state index is 0.0628. The van der Waals surface area contributed by atoms with Gasteiger partial charge in [-0.05, 0) is 45.2 Å². The smallest absolute Gasteiger partial charge is 0.164 e. The lowest BCUT2D eigenvalue weighted by molar-refractivity contribution is 0.299. The number of nitrogens with zero attached hydrogens (tertiary/aromatic N) is 3. The Labute approximate surface area is 251 Å². The van der Waals surface area contributed by atoms with E-state index in [1.165, 1.54) is 22.3 Å². The fourth-order valence-electron chi connectivity index (χ4n) is 6.76. The second kappa shape index (κ2) is 9.20. The Kier molecular flexibility index (Phi) is 5.48. The lowest BCUT2D eigenvalue weighted by atomic mass is 9.55.